The van der Waals surface area contributed by atoms with Crippen molar-refractivity contribution in [2.75, 3.05) is 70.8 Å². The molecule has 0 aliphatic carbocycles. The third-order valence-corrected chi connectivity index (χ3v) is 6.07. The monoisotopic (exact) mass is 510 g/mol. The summed E-state index contributed by atoms with van der Waals surface area (Å²) >= 11 is 1.24. The molecule has 0 saturated carbocycles. The van der Waals surface area contributed by atoms with Crippen molar-refractivity contribution in [3.63, 3.8) is 0 Å². The van der Waals surface area contributed by atoms with E-state index in [0.717, 1.165) is 11.3 Å². The number of aliphatic hydroxyl groups is 2. The van der Waals surface area contributed by atoms with E-state index in [9.17, 15) is 9.90 Å². The standard InChI is InChI=1S/C23H34N4O7S/c1-17-16-19(27(6-10-32-12-8-28)7-11-33-14-15-34-13-9-29)4-5-20(17)24-25-23-26(3)21(22(30)31)18(2)35-23/h4-5,16,28-29H,6-15H2,1-3H3. The maximum Gasteiger partial charge on any atom is 0.409 e. The molecule has 0 spiro atoms. The Bertz CT molecular complexity index is 968. The van der Waals surface area contributed by atoms with Gasteiger partial charge in [-0.05, 0) is 54.1 Å². The molecule has 0 radical (unpaired) electrons. The van der Waals surface area contributed by atoms with E-state index in [1.807, 2.05) is 25.1 Å². The molecule has 0 unspecified atom stereocenters. The van der Waals surface area contributed by atoms with Crippen LogP contribution < -0.4 is 14.6 Å². The largest absolute Gasteiger partial charge is 0.541 e. The lowest BCUT2D eigenvalue weighted by Crippen LogP contribution is -2.39. The van der Waals surface area contributed by atoms with Crippen molar-refractivity contribution >= 4 is 33.8 Å². The summed E-state index contributed by atoms with van der Waals surface area (Å²) in [5.41, 5.74) is 2.63. The van der Waals surface area contributed by atoms with E-state index in [1.165, 1.54) is 15.9 Å². The minimum atomic E-state index is -1.24. The summed E-state index contributed by atoms with van der Waals surface area (Å²) in [4.78, 5) is 14.0. The van der Waals surface area contributed by atoms with Crippen molar-refractivity contribution in [3.05, 3.63) is 34.3 Å². The highest BCUT2D eigenvalue weighted by Crippen LogP contribution is 2.28. The summed E-state index contributed by atoms with van der Waals surface area (Å²) < 4.78 is 17.7. The number of ether oxygens (including phenoxy) is 3. The van der Waals surface area contributed by atoms with E-state index in [-0.39, 0.29) is 25.5 Å². The average Bonchev–Trinajstić information content (AvgIpc) is 3.11. The lowest BCUT2D eigenvalue weighted by Gasteiger charge is -2.25. The third-order valence-electron chi connectivity index (χ3n) is 5.04. The van der Waals surface area contributed by atoms with Crippen molar-refractivity contribution in [3.8, 4) is 0 Å². The summed E-state index contributed by atoms with van der Waals surface area (Å²) in [6.45, 7) is 7.21. The fourth-order valence-electron chi connectivity index (χ4n) is 3.27. The number of rotatable bonds is 17. The molecule has 0 saturated heterocycles. The van der Waals surface area contributed by atoms with E-state index in [4.69, 9.17) is 24.4 Å². The van der Waals surface area contributed by atoms with Crippen molar-refractivity contribution in [2.45, 2.75) is 13.8 Å². The van der Waals surface area contributed by atoms with Crippen molar-refractivity contribution < 1.29 is 38.9 Å². The smallest absolute Gasteiger partial charge is 0.409 e. The molecular weight excluding hydrogens is 476 g/mol. The molecule has 1 aromatic carbocycles. The molecule has 11 nitrogen and oxygen atoms in total. The zero-order valence-electron chi connectivity index (χ0n) is 20.4. The summed E-state index contributed by atoms with van der Waals surface area (Å²) in [6, 6.07) is 5.79. The van der Waals surface area contributed by atoms with Crippen LogP contribution in [0.25, 0.3) is 0 Å². The number of carboxylic acids is 1. The van der Waals surface area contributed by atoms with E-state index >= 15 is 0 Å². The topological polar surface area (TPSA) is 140 Å². The van der Waals surface area contributed by atoms with Crippen LogP contribution in [0.2, 0.25) is 0 Å². The number of aryl methyl sites for hydroxylation is 2. The van der Waals surface area contributed by atoms with Crippen LogP contribution in [0, 0.1) is 13.8 Å². The molecule has 194 valence electrons. The van der Waals surface area contributed by atoms with Gasteiger partial charge in [-0.25, -0.2) is 4.57 Å². The molecule has 0 aliphatic heterocycles. The van der Waals surface area contributed by atoms with Gasteiger partial charge in [-0.3, -0.25) is 0 Å². The number of aromatic carboxylic acids is 1. The number of aliphatic hydroxyl groups excluding tert-OH is 2. The predicted octanol–water partition coefficient (Wildman–Crippen LogP) is 0.809. The fraction of sp³-hybridized carbons (Fsp3) is 0.565. The second-order valence-electron chi connectivity index (χ2n) is 7.58. The molecule has 0 amide bonds. The first kappa shape index (κ1) is 28.8. The number of nitrogens with zero attached hydrogens (tertiary/aromatic N) is 4. The van der Waals surface area contributed by atoms with E-state index in [1.54, 1.807) is 14.0 Å². The Morgan fingerprint density at radius 2 is 1.60 bits per heavy atom. The number of hydrogen-bond acceptors (Lipinski definition) is 11. The van der Waals surface area contributed by atoms with Crippen LogP contribution in [-0.2, 0) is 21.3 Å². The fourth-order valence-corrected chi connectivity index (χ4v) is 4.17. The summed E-state index contributed by atoms with van der Waals surface area (Å²) in [5.74, 6) is -1.24. The quantitative estimate of drug-likeness (QED) is 0.181. The van der Waals surface area contributed by atoms with Gasteiger partial charge in [-0.15, -0.1) is 0 Å². The molecule has 12 heteroatoms. The lowest BCUT2D eigenvalue weighted by atomic mass is 10.1. The van der Waals surface area contributed by atoms with E-state index in [0.29, 0.717) is 61.8 Å². The molecule has 1 heterocycles. The van der Waals surface area contributed by atoms with Crippen molar-refractivity contribution in [1.82, 2.24) is 0 Å². The van der Waals surface area contributed by atoms with Gasteiger partial charge in [-0.1, -0.05) is 0 Å². The van der Waals surface area contributed by atoms with Crippen molar-refractivity contribution in [1.29, 1.82) is 0 Å². The zero-order valence-corrected chi connectivity index (χ0v) is 21.3. The van der Waals surface area contributed by atoms with Gasteiger partial charge in [0.1, 0.15) is 11.7 Å². The van der Waals surface area contributed by atoms with Crippen LogP contribution >= 0.6 is 11.3 Å². The summed E-state index contributed by atoms with van der Waals surface area (Å²) in [5, 5.41) is 38.0. The average molecular weight is 511 g/mol. The molecule has 2 rings (SSSR count). The van der Waals surface area contributed by atoms with Crippen LogP contribution in [0.1, 0.15) is 20.9 Å². The number of hydrogen-bond donors (Lipinski definition) is 2. The second kappa shape index (κ2) is 15.5. The van der Waals surface area contributed by atoms with Crippen molar-refractivity contribution in [2.24, 2.45) is 17.3 Å². The molecule has 0 fully saturated rings. The Hall–Kier alpha value is -2.48. The Morgan fingerprint density at radius 3 is 2.14 bits per heavy atom. The first-order valence-electron chi connectivity index (χ1n) is 11.3. The molecular formula is C23H34N4O7S. The molecule has 0 aliphatic rings. The molecule has 0 atom stereocenters. The number of thiazole rings is 1. The first-order chi connectivity index (χ1) is 16.9. The van der Waals surface area contributed by atoms with Gasteiger partial charge < -0.3 is 39.2 Å². The molecule has 2 aromatic rings. The number of aromatic nitrogens is 1. The van der Waals surface area contributed by atoms with Crippen LogP contribution in [-0.4, -0.2) is 82.1 Å². The first-order valence-corrected chi connectivity index (χ1v) is 12.1. The maximum atomic E-state index is 11.3. The van der Waals surface area contributed by atoms with Crippen LogP contribution in [0.15, 0.2) is 28.4 Å². The number of carbonyl (C=O) groups is 1. The number of azo groups is 1. The van der Waals surface area contributed by atoms with Crippen LogP contribution in [0.3, 0.4) is 0 Å². The van der Waals surface area contributed by atoms with Gasteiger partial charge in [0.15, 0.2) is 5.69 Å². The Balaban J connectivity index is 2.06. The SMILES string of the molecule is Cc1cc(N(CCOCCO)CCOCCOCCO)ccc1N=Nc1sc(C)c(C(=O)[O-])[n+]1C. The van der Waals surface area contributed by atoms with Gasteiger partial charge in [-0.2, -0.15) is 0 Å². The summed E-state index contributed by atoms with van der Waals surface area (Å²) in [6.07, 6.45) is 0. The number of anilines is 1. The zero-order chi connectivity index (χ0) is 25.6. The van der Waals surface area contributed by atoms with Crippen LogP contribution in [0.5, 0.6) is 0 Å². The normalized spacial score (nSPS) is 11.5. The number of benzene rings is 1. The van der Waals surface area contributed by atoms with E-state index < -0.39 is 5.97 Å². The van der Waals surface area contributed by atoms with Gasteiger partial charge in [0, 0.05) is 18.8 Å². The molecule has 2 N–H and O–H groups in total. The predicted molar refractivity (Wildman–Crippen MR) is 129 cm³/mol. The third kappa shape index (κ3) is 9.24. The number of carboxylic acid groups (broad SMARTS) is 1. The molecule has 35 heavy (non-hydrogen) atoms. The Kier molecular flexibility index (Phi) is 12.7. The maximum absolute atomic E-state index is 11.3. The minimum Gasteiger partial charge on any atom is -0.541 e. The van der Waals surface area contributed by atoms with Crippen LogP contribution in [0.4, 0.5) is 16.5 Å². The highest BCUT2D eigenvalue weighted by molar-refractivity contribution is 7.15. The van der Waals surface area contributed by atoms with E-state index in [2.05, 4.69) is 15.1 Å². The Labute approximate surface area is 209 Å². The second-order valence-corrected chi connectivity index (χ2v) is 8.76. The molecule has 1 aromatic heterocycles. The van der Waals surface area contributed by atoms with Gasteiger partial charge in [0.25, 0.3) is 0 Å². The van der Waals surface area contributed by atoms with Gasteiger partial charge >= 0.3 is 5.13 Å². The summed E-state index contributed by atoms with van der Waals surface area (Å²) in [7, 11) is 1.62. The minimum absolute atomic E-state index is 0.0111. The lowest BCUT2D eigenvalue weighted by molar-refractivity contribution is -0.659. The van der Waals surface area contributed by atoms with Gasteiger partial charge in [0.2, 0.25) is 0 Å². The molecule has 0 bridgehead atoms. The highest BCUT2D eigenvalue weighted by atomic mass is 32.1. The van der Waals surface area contributed by atoms with Gasteiger partial charge in [0.05, 0.1) is 69.9 Å². The highest BCUT2D eigenvalue weighted by Gasteiger charge is 2.20. The number of carbonyl (C=O) groups excluding carboxylic acids is 1. The Morgan fingerprint density at radius 1 is 1.00 bits per heavy atom.